The topological polar surface area (TPSA) is 114 Å². The zero-order valence-electron chi connectivity index (χ0n) is 17.1. The van der Waals surface area contributed by atoms with E-state index in [9.17, 15) is 9.59 Å². The molecule has 32 heavy (non-hydrogen) atoms. The molecule has 0 unspecified atom stereocenters. The number of amides is 2. The van der Waals surface area contributed by atoms with Crippen molar-refractivity contribution in [3.05, 3.63) is 64.0 Å². The SMILES string of the molecule is NC(=O)c1ccc(NC(=O)C2CCN(Cc3nc(-c4ccc(Cl)cc4Cl)no3)CC2)cc1. The van der Waals surface area contributed by atoms with Crippen molar-refractivity contribution in [3.8, 4) is 11.4 Å². The third-order valence-corrected chi connectivity index (χ3v) is 5.94. The van der Waals surface area contributed by atoms with Gasteiger partial charge in [0.2, 0.25) is 23.5 Å². The number of hydrogen-bond acceptors (Lipinski definition) is 6. The van der Waals surface area contributed by atoms with Crippen molar-refractivity contribution in [2.45, 2.75) is 19.4 Å². The van der Waals surface area contributed by atoms with Crippen molar-refractivity contribution in [2.75, 3.05) is 18.4 Å². The van der Waals surface area contributed by atoms with Gasteiger partial charge in [-0.25, -0.2) is 0 Å². The molecule has 1 aliphatic rings. The highest BCUT2D eigenvalue weighted by atomic mass is 35.5. The second-order valence-corrected chi connectivity index (χ2v) is 8.46. The Morgan fingerprint density at radius 1 is 1.12 bits per heavy atom. The van der Waals surface area contributed by atoms with Crippen LogP contribution >= 0.6 is 23.2 Å². The fourth-order valence-electron chi connectivity index (χ4n) is 3.61. The smallest absolute Gasteiger partial charge is 0.248 e. The summed E-state index contributed by atoms with van der Waals surface area (Å²) in [5, 5.41) is 7.91. The van der Waals surface area contributed by atoms with Crippen LogP contribution in [-0.4, -0.2) is 39.9 Å². The fraction of sp³-hybridized carbons (Fsp3) is 0.273. The number of aromatic nitrogens is 2. The van der Waals surface area contributed by atoms with Crippen LogP contribution in [0.4, 0.5) is 5.69 Å². The number of benzene rings is 2. The predicted octanol–water partition coefficient (Wildman–Crippen LogP) is 3.99. The lowest BCUT2D eigenvalue weighted by atomic mass is 9.96. The molecule has 2 amide bonds. The van der Waals surface area contributed by atoms with Gasteiger partial charge >= 0.3 is 0 Å². The van der Waals surface area contributed by atoms with Crippen LogP contribution in [0.25, 0.3) is 11.4 Å². The molecule has 0 saturated carbocycles. The van der Waals surface area contributed by atoms with Gasteiger partial charge in [-0.3, -0.25) is 14.5 Å². The first kappa shape index (κ1) is 22.3. The number of halogens is 2. The van der Waals surface area contributed by atoms with Gasteiger partial charge in [-0.2, -0.15) is 4.98 Å². The van der Waals surface area contributed by atoms with Crippen LogP contribution in [0.5, 0.6) is 0 Å². The second kappa shape index (κ2) is 9.68. The minimum atomic E-state index is -0.500. The number of carbonyl (C=O) groups is 2. The molecule has 1 fully saturated rings. The summed E-state index contributed by atoms with van der Waals surface area (Å²) in [5.41, 5.74) is 6.94. The Balaban J connectivity index is 1.29. The van der Waals surface area contributed by atoms with Crippen LogP contribution in [-0.2, 0) is 11.3 Å². The molecule has 1 aromatic heterocycles. The number of carbonyl (C=O) groups excluding carboxylic acids is 2. The number of rotatable bonds is 6. The van der Waals surface area contributed by atoms with E-state index in [0.717, 1.165) is 25.9 Å². The van der Waals surface area contributed by atoms with E-state index in [-0.39, 0.29) is 11.8 Å². The first-order chi connectivity index (χ1) is 15.4. The molecule has 3 N–H and O–H groups in total. The minimum Gasteiger partial charge on any atom is -0.366 e. The van der Waals surface area contributed by atoms with Crippen LogP contribution in [0.3, 0.4) is 0 Å². The monoisotopic (exact) mass is 473 g/mol. The summed E-state index contributed by atoms with van der Waals surface area (Å²) in [7, 11) is 0. The molecule has 1 saturated heterocycles. The number of piperidine rings is 1. The normalized spacial score (nSPS) is 14.9. The lowest BCUT2D eigenvalue weighted by Gasteiger charge is -2.30. The third-order valence-electron chi connectivity index (χ3n) is 5.39. The van der Waals surface area contributed by atoms with Crippen molar-refractivity contribution in [3.63, 3.8) is 0 Å². The number of anilines is 1. The standard InChI is InChI=1S/C22H21Cl2N5O3/c23-15-3-6-17(18(24)11-15)21-27-19(32-28-21)12-29-9-7-14(8-10-29)22(31)26-16-4-1-13(2-5-16)20(25)30/h1-6,11,14H,7-10,12H2,(H2,25,30)(H,26,31). The molecule has 0 radical (unpaired) electrons. The van der Waals surface area contributed by atoms with Crippen LogP contribution in [0.15, 0.2) is 47.0 Å². The average Bonchev–Trinajstić information content (AvgIpc) is 3.22. The van der Waals surface area contributed by atoms with Crippen molar-refractivity contribution in [1.29, 1.82) is 0 Å². The van der Waals surface area contributed by atoms with Gasteiger partial charge in [0.15, 0.2) is 0 Å². The van der Waals surface area contributed by atoms with Gasteiger partial charge in [-0.15, -0.1) is 0 Å². The van der Waals surface area contributed by atoms with Crippen LogP contribution in [0.2, 0.25) is 10.0 Å². The number of nitrogens with two attached hydrogens (primary N) is 1. The number of nitrogens with zero attached hydrogens (tertiary/aromatic N) is 3. The van der Waals surface area contributed by atoms with Gasteiger partial charge in [-0.1, -0.05) is 28.4 Å². The number of likely N-dealkylation sites (tertiary alicyclic amines) is 1. The van der Waals surface area contributed by atoms with E-state index >= 15 is 0 Å². The highest BCUT2D eigenvalue weighted by Gasteiger charge is 2.26. The highest BCUT2D eigenvalue weighted by Crippen LogP contribution is 2.29. The molecule has 0 bridgehead atoms. The summed E-state index contributed by atoms with van der Waals surface area (Å²) in [5.74, 6) is 0.281. The van der Waals surface area contributed by atoms with Crippen LogP contribution < -0.4 is 11.1 Å². The van der Waals surface area contributed by atoms with Gasteiger partial charge in [0.1, 0.15) is 0 Å². The molecule has 2 aromatic carbocycles. The van der Waals surface area contributed by atoms with Crippen LogP contribution in [0, 0.1) is 5.92 Å². The Kier molecular flexibility index (Phi) is 6.74. The summed E-state index contributed by atoms with van der Waals surface area (Å²) in [6.07, 6.45) is 1.43. The molecular weight excluding hydrogens is 453 g/mol. The maximum atomic E-state index is 12.6. The molecule has 1 aliphatic heterocycles. The van der Waals surface area contributed by atoms with Crippen molar-refractivity contribution in [1.82, 2.24) is 15.0 Å². The van der Waals surface area contributed by atoms with E-state index in [0.29, 0.717) is 45.1 Å². The molecule has 166 valence electrons. The zero-order chi connectivity index (χ0) is 22.7. The molecule has 2 heterocycles. The summed E-state index contributed by atoms with van der Waals surface area (Å²) in [6.45, 7) is 1.97. The van der Waals surface area contributed by atoms with Crippen molar-refractivity contribution in [2.24, 2.45) is 11.7 Å². The molecule has 0 atom stereocenters. The summed E-state index contributed by atoms with van der Waals surface area (Å²) >= 11 is 12.2. The van der Waals surface area contributed by atoms with E-state index < -0.39 is 5.91 Å². The van der Waals surface area contributed by atoms with Gasteiger partial charge in [0.25, 0.3) is 0 Å². The molecule has 8 nitrogen and oxygen atoms in total. The Morgan fingerprint density at radius 2 is 1.84 bits per heavy atom. The Morgan fingerprint density at radius 3 is 2.50 bits per heavy atom. The maximum Gasteiger partial charge on any atom is 0.248 e. The predicted molar refractivity (Wildman–Crippen MR) is 121 cm³/mol. The van der Waals surface area contributed by atoms with Gasteiger partial charge in [-0.05, 0) is 68.4 Å². The van der Waals surface area contributed by atoms with E-state index in [1.165, 1.54) is 0 Å². The fourth-order valence-corrected chi connectivity index (χ4v) is 4.10. The zero-order valence-corrected chi connectivity index (χ0v) is 18.6. The average molecular weight is 474 g/mol. The first-order valence-electron chi connectivity index (χ1n) is 10.1. The van der Waals surface area contributed by atoms with E-state index in [4.69, 9.17) is 33.5 Å². The molecule has 10 heteroatoms. The van der Waals surface area contributed by atoms with E-state index in [1.54, 1.807) is 42.5 Å². The minimum absolute atomic E-state index is 0.0334. The van der Waals surface area contributed by atoms with Crippen LogP contribution in [0.1, 0.15) is 29.1 Å². The number of primary amides is 1. The van der Waals surface area contributed by atoms with Gasteiger partial charge in [0, 0.05) is 27.8 Å². The lowest BCUT2D eigenvalue weighted by Crippen LogP contribution is -2.37. The van der Waals surface area contributed by atoms with Crippen molar-refractivity contribution >= 4 is 40.7 Å². The maximum absolute atomic E-state index is 12.6. The largest absolute Gasteiger partial charge is 0.366 e. The van der Waals surface area contributed by atoms with Crippen molar-refractivity contribution < 1.29 is 14.1 Å². The molecular formula is C22H21Cl2N5O3. The molecule has 3 aromatic rings. The number of nitrogens with one attached hydrogen (secondary N) is 1. The second-order valence-electron chi connectivity index (χ2n) is 7.62. The Hall–Kier alpha value is -2.94. The Labute approximate surface area is 194 Å². The summed E-state index contributed by atoms with van der Waals surface area (Å²) < 4.78 is 5.38. The summed E-state index contributed by atoms with van der Waals surface area (Å²) in [4.78, 5) is 30.3. The Bertz CT molecular complexity index is 1120. The quantitative estimate of drug-likeness (QED) is 0.559. The first-order valence-corrected chi connectivity index (χ1v) is 10.9. The highest BCUT2D eigenvalue weighted by molar-refractivity contribution is 6.36. The summed E-state index contributed by atoms with van der Waals surface area (Å²) in [6, 6.07) is 11.6. The van der Waals surface area contributed by atoms with Gasteiger partial charge in [0.05, 0.1) is 11.6 Å². The van der Waals surface area contributed by atoms with Gasteiger partial charge < -0.3 is 15.6 Å². The lowest BCUT2D eigenvalue weighted by molar-refractivity contribution is -0.121. The third kappa shape index (κ3) is 5.27. The number of hydrogen-bond donors (Lipinski definition) is 2. The molecule has 0 spiro atoms. The molecule has 4 rings (SSSR count). The van der Waals surface area contributed by atoms with E-state index in [2.05, 4.69) is 20.4 Å². The van der Waals surface area contributed by atoms with E-state index in [1.807, 2.05) is 0 Å². The molecule has 0 aliphatic carbocycles.